The maximum absolute atomic E-state index is 12.0. The van der Waals surface area contributed by atoms with E-state index in [1.807, 2.05) is 0 Å². The molecule has 0 bridgehead atoms. The molecule has 1 amide bonds. The number of carbonyl (C=O) groups excluding carboxylic acids is 1. The van der Waals surface area contributed by atoms with Gasteiger partial charge in [-0.3, -0.25) is 9.69 Å². The molecule has 2 fully saturated rings. The van der Waals surface area contributed by atoms with E-state index in [0.717, 1.165) is 39.1 Å². The summed E-state index contributed by atoms with van der Waals surface area (Å²) in [7, 11) is 0. The molecule has 2 aliphatic heterocycles. The van der Waals surface area contributed by atoms with E-state index in [0.29, 0.717) is 19.1 Å². The Kier molecular flexibility index (Phi) is 6.07. The van der Waals surface area contributed by atoms with Crippen molar-refractivity contribution in [3.8, 4) is 0 Å². The molecule has 19 heavy (non-hydrogen) atoms. The SMILES string of the molecule is CCN(CC(=O)NCC1CCCO1)C1CCCNC1. The molecule has 2 aliphatic rings. The zero-order chi connectivity index (χ0) is 13.5. The van der Waals surface area contributed by atoms with Gasteiger partial charge in [0.1, 0.15) is 0 Å². The first-order chi connectivity index (χ1) is 9.29. The summed E-state index contributed by atoms with van der Waals surface area (Å²) >= 11 is 0. The third-order valence-corrected chi connectivity index (χ3v) is 4.09. The molecule has 0 spiro atoms. The van der Waals surface area contributed by atoms with Gasteiger partial charge in [0.25, 0.3) is 0 Å². The topological polar surface area (TPSA) is 53.6 Å². The Hall–Kier alpha value is -0.650. The number of rotatable bonds is 6. The molecule has 2 rings (SSSR count). The first kappa shape index (κ1) is 14.8. The molecule has 2 heterocycles. The fourth-order valence-electron chi connectivity index (χ4n) is 2.92. The van der Waals surface area contributed by atoms with Gasteiger partial charge in [-0.1, -0.05) is 6.92 Å². The largest absolute Gasteiger partial charge is 0.376 e. The number of likely N-dealkylation sites (N-methyl/N-ethyl adjacent to an activating group) is 1. The summed E-state index contributed by atoms with van der Waals surface area (Å²) < 4.78 is 5.51. The molecule has 0 saturated carbocycles. The zero-order valence-electron chi connectivity index (χ0n) is 12.0. The van der Waals surface area contributed by atoms with Gasteiger partial charge < -0.3 is 15.4 Å². The lowest BCUT2D eigenvalue weighted by Gasteiger charge is -2.33. The summed E-state index contributed by atoms with van der Waals surface area (Å²) in [4.78, 5) is 14.3. The number of ether oxygens (including phenoxy) is 1. The predicted molar refractivity (Wildman–Crippen MR) is 75.1 cm³/mol. The molecule has 2 saturated heterocycles. The lowest BCUT2D eigenvalue weighted by atomic mass is 10.1. The van der Waals surface area contributed by atoms with Gasteiger partial charge in [-0.05, 0) is 38.8 Å². The summed E-state index contributed by atoms with van der Waals surface area (Å²) in [6.45, 7) is 7.19. The van der Waals surface area contributed by atoms with Gasteiger partial charge in [0.05, 0.1) is 12.6 Å². The molecule has 5 nitrogen and oxygen atoms in total. The van der Waals surface area contributed by atoms with E-state index in [4.69, 9.17) is 4.74 Å². The minimum atomic E-state index is 0.128. The standard InChI is InChI=1S/C14H27N3O2/c1-2-17(12-5-3-7-15-9-12)11-14(18)16-10-13-6-4-8-19-13/h12-13,15H,2-11H2,1H3,(H,16,18). The van der Waals surface area contributed by atoms with Gasteiger partial charge in [-0.2, -0.15) is 0 Å². The van der Waals surface area contributed by atoms with E-state index >= 15 is 0 Å². The molecule has 0 aromatic rings. The number of piperidine rings is 1. The lowest BCUT2D eigenvalue weighted by Crippen LogP contribution is -2.50. The molecule has 5 heteroatoms. The van der Waals surface area contributed by atoms with Gasteiger partial charge in [0.15, 0.2) is 0 Å². The second-order valence-corrected chi connectivity index (χ2v) is 5.50. The van der Waals surface area contributed by atoms with Crippen LogP contribution in [0.5, 0.6) is 0 Å². The molecule has 2 atom stereocenters. The van der Waals surface area contributed by atoms with Gasteiger partial charge in [-0.25, -0.2) is 0 Å². The van der Waals surface area contributed by atoms with Crippen LogP contribution in [0, 0.1) is 0 Å². The average Bonchev–Trinajstić information content (AvgIpc) is 2.97. The van der Waals surface area contributed by atoms with E-state index in [9.17, 15) is 4.79 Å². The van der Waals surface area contributed by atoms with Crippen molar-refractivity contribution in [2.45, 2.75) is 44.8 Å². The summed E-state index contributed by atoms with van der Waals surface area (Å²) in [5.74, 6) is 0.128. The van der Waals surface area contributed by atoms with Crippen molar-refractivity contribution in [2.75, 3.05) is 39.3 Å². The van der Waals surface area contributed by atoms with E-state index in [1.54, 1.807) is 0 Å². The number of hydrogen-bond acceptors (Lipinski definition) is 4. The van der Waals surface area contributed by atoms with Gasteiger partial charge >= 0.3 is 0 Å². The summed E-state index contributed by atoms with van der Waals surface area (Å²) in [6.07, 6.45) is 4.83. The van der Waals surface area contributed by atoms with Crippen LogP contribution in [0.1, 0.15) is 32.6 Å². The second-order valence-electron chi connectivity index (χ2n) is 5.50. The smallest absolute Gasteiger partial charge is 0.234 e. The zero-order valence-corrected chi connectivity index (χ0v) is 12.0. The highest BCUT2D eigenvalue weighted by atomic mass is 16.5. The van der Waals surface area contributed by atoms with Crippen LogP contribution in [0.2, 0.25) is 0 Å². The molecule has 0 aromatic heterocycles. The van der Waals surface area contributed by atoms with Gasteiger partial charge in [0, 0.05) is 25.7 Å². The Bertz CT molecular complexity index is 274. The number of carbonyl (C=O) groups is 1. The van der Waals surface area contributed by atoms with Gasteiger partial charge in [-0.15, -0.1) is 0 Å². The average molecular weight is 269 g/mol. The Labute approximate surface area is 116 Å². The van der Waals surface area contributed by atoms with Crippen molar-refractivity contribution in [1.82, 2.24) is 15.5 Å². The minimum absolute atomic E-state index is 0.128. The molecule has 2 N–H and O–H groups in total. The summed E-state index contributed by atoms with van der Waals surface area (Å²) in [6, 6.07) is 0.507. The van der Waals surface area contributed by atoms with Crippen LogP contribution >= 0.6 is 0 Å². The highest BCUT2D eigenvalue weighted by molar-refractivity contribution is 5.78. The van der Waals surface area contributed by atoms with Crippen LogP contribution in [0.15, 0.2) is 0 Å². The van der Waals surface area contributed by atoms with Crippen LogP contribution < -0.4 is 10.6 Å². The normalized spacial score (nSPS) is 27.7. The quantitative estimate of drug-likeness (QED) is 0.731. The molecule has 0 aromatic carbocycles. The maximum atomic E-state index is 12.0. The fourth-order valence-corrected chi connectivity index (χ4v) is 2.92. The molecule has 0 radical (unpaired) electrons. The first-order valence-corrected chi connectivity index (χ1v) is 7.62. The van der Waals surface area contributed by atoms with Crippen molar-refractivity contribution in [1.29, 1.82) is 0 Å². The van der Waals surface area contributed by atoms with Crippen molar-refractivity contribution in [3.05, 3.63) is 0 Å². The van der Waals surface area contributed by atoms with Crippen molar-refractivity contribution < 1.29 is 9.53 Å². The number of amides is 1. The van der Waals surface area contributed by atoms with Crippen molar-refractivity contribution >= 4 is 5.91 Å². The van der Waals surface area contributed by atoms with Crippen LogP contribution in [0.4, 0.5) is 0 Å². The third-order valence-electron chi connectivity index (χ3n) is 4.09. The van der Waals surface area contributed by atoms with Crippen molar-refractivity contribution in [2.24, 2.45) is 0 Å². The maximum Gasteiger partial charge on any atom is 0.234 e. The predicted octanol–water partition coefficient (Wildman–Crippen LogP) is 0.356. The van der Waals surface area contributed by atoms with E-state index < -0.39 is 0 Å². The Morgan fingerprint density at radius 1 is 1.42 bits per heavy atom. The van der Waals surface area contributed by atoms with E-state index in [1.165, 1.54) is 12.8 Å². The number of hydrogen-bond donors (Lipinski definition) is 2. The van der Waals surface area contributed by atoms with Crippen molar-refractivity contribution in [3.63, 3.8) is 0 Å². The Morgan fingerprint density at radius 2 is 2.32 bits per heavy atom. The molecule has 0 aliphatic carbocycles. The summed E-state index contributed by atoms with van der Waals surface area (Å²) in [5, 5.41) is 6.41. The molecule has 2 unspecified atom stereocenters. The van der Waals surface area contributed by atoms with Crippen LogP contribution in [-0.2, 0) is 9.53 Å². The number of nitrogens with zero attached hydrogens (tertiary/aromatic N) is 1. The van der Waals surface area contributed by atoms with Gasteiger partial charge in [0.2, 0.25) is 5.91 Å². The van der Waals surface area contributed by atoms with Crippen LogP contribution in [0.25, 0.3) is 0 Å². The second kappa shape index (κ2) is 7.82. The summed E-state index contributed by atoms with van der Waals surface area (Å²) in [5.41, 5.74) is 0. The van der Waals surface area contributed by atoms with Crippen LogP contribution in [-0.4, -0.2) is 62.3 Å². The molecular weight excluding hydrogens is 242 g/mol. The number of nitrogens with one attached hydrogen (secondary N) is 2. The Balaban J connectivity index is 1.69. The Morgan fingerprint density at radius 3 is 2.95 bits per heavy atom. The highest BCUT2D eigenvalue weighted by Crippen LogP contribution is 2.11. The highest BCUT2D eigenvalue weighted by Gasteiger charge is 2.22. The minimum Gasteiger partial charge on any atom is -0.376 e. The van der Waals surface area contributed by atoms with Crippen LogP contribution in [0.3, 0.4) is 0 Å². The lowest BCUT2D eigenvalue weighted by molar-refractivity contribution is -0.123. The molecule has 110 valence electrons. The molecular formula is C14H27N3O2. The van der Waals surface area contributed by atoms with E-state index in [-0.39, 0.29) is 12.0 Å². The third kappa shape index (κ3) is 4.75. The first-order valence-electron chi connectivity index (χ1n) is 7.62. The van der Waals surface area contributed by atoms with E-state index in [2.05, 4.69) is 22.5 Å². The monoisotopic (exact) mass is 269 g/mol. The fraction of sp³-hybridized carbons (Fsp3) is 0.929.